The van der Waals surface area contributed by atoms with E-state index in [1.165, 1.54) is 12.8 Å². The van der Waals surface area contributed by atoms with Crippen molar-refractivity contribution in [1.29, 1.82) is 0 Å². The molecule has 1 aromatic heterocycles. The van der Waals surface area contributed by atoms with Crippen molar-refractivity contribution in [3.63, 3.8) is 0 Å². The van der Waals surface area contributed by atoms with Crippen molar-refractivity contribution in [1.82, 2.24) is 10.1 Å². The van der Waals surface area contributed by atoms with Gasteiger partial charge in [-0.05, 0) is 19.8 Å². The molecule has 2 rings (SSSR count). The lowest BCUT2D eigenvalue weighted by molar-refractivity contribution is -0.0365. The molecule has 0 spiro atoms. The fraction of sp³-hybridized carbons (Fsp3) is 0.833. The molecule has 1 heterocycles. The van der Waals surface area contributed by atoms with Gasteiger partial charge in [-0.3, -0.25) is 0 Å². The van der Waals surface area contributed by atoms with Crippen LogP contribution in [0.15, 0.2) is 4.52 Å². The van der Waals surface area contributed by atoms with E-state index in [9.17, 15) is 0 Å². The second-order valence-corrected chi connectivity index (χ2v) is 4.86. The number of hydrogen-bond donors (Lipinski definition) is 1. The summed E-state index contributed by atoms with van der Waals surface area (Å²) in [4.78, 5) is 4.39. The van der Waals surface area contributed by atoms with Crippen LogP contribution in [0.4, 0.5) is 0 Å². The maximum absolute atomic E-state index is 5.73. The van der Waals surface area contributed by atoms with Gasteiger partial charge in [0, 0.05) is 7.11 Å². The SMILES string of the molecule is COC1(c2noc([C@@H](C)N)n2)CCCCCC1. The standard InChI is InChI=1S/C12H21N3O2/c1-9(13)10-14-11(15-17-10)12(16-2)7-5-3-4-6-8-12/h9H,3-8,13H2,1-2H3/t9-/m1/s1. The Morgan fingerprint density at radius 2 is 1.94 bits per heavy atom. The third-order valence-electron chi connectivity index (χ3n) is 3.54. The van der Waals surface area contributed by atoms with Gasteiger partial charge in [-0.15, -0.1) is 0 Å². The zero-order valence-electron chi connectivity index (χ0n) is 10.6. The Labute approximate surface area is 102 Å². The van der Waals surface area contributed by atoms with Crippen LogP contribution in [-0.2, 0) is 10.3 Å². The molecule has 1 aliphatic rings. The van der Waals surface area contributed by atoms with E-state index >= 15 is 0 Å². The van der Waals surface area contributed by atoms with Gasteiger partial charge in [0.25, 0.3) is 0 Å². The van der Waals surface area contributed by atoms with Gasteiger partial charge < -0.3 is 15.0 Å². The van der Waals surface area contributed by atoms with Crippen LogP contribution in [0.25, 0.3) is 0 Å². The number of rotatable bonds is 3. The molecule has 1 atom stereocenters. The molecule has 1 aliphatic carbocycles. The molecule has 5 nitrogen and oxygen atoms in total. The largest absolute Gasteiger partial charge is 0.370 e. The fourth-order valence-electron chi connectivity index (χ4n) is 2.42. The fourth-order valence-corrected chi connectivity index (χ4v) is 2.42. The topological polar surface area (TPSA) is 74.2 Å². The molecule has 17 heavy (non-hydrogen) atoms. The molecule has 0 unspecified atom stereocenters. The van der Waals surface area contributed by atoms with Gasteiger partial charge in [0.05, 0.1) is 6.04 Å². The van der Waals surface area contributed by atoms with Gasteiger partial charge in [0.2, 0.25) is 11.7 Å². The van der Waals surface area contributed by atoms with Crippen LogP contribution in [0.3, 0.4) is 0 Å². The monoisotopic (exact) mass is 239 g/mol. The summed E-state index contributed by atoms with van der Waals surface area (Å²) in [5.41, 5.74) is 5.37. The number of aromatic nitrogens is 2. The van der Waals surface area contributed by atoms with E-state index in [1.807, 2.05) is 6.92 Å². The van der Waals surface area contributed by atoms with Crippen molar-refractivity contribution >= 4 is 0 Å². The Balaban J connectivity index is 2.25. The molecule has 0 radical (unpaired) electrons. The highest BCUT2D eigenvalue weighted by molar-refractivity contribution is 5.03. The third kappa shape index (κ3) is 2.50. The molecule has 1 fully saturated rings. The van der Waals surface area contributed by atoms with Crippen LogP contribution in [0.5, 0.6) is 0 Å². The zero-order valence-corrected chi connectivity index (χ0v) is 10.6. The normalized spacial score (nSPS) is 22.1. The van der Waals surface area contributed by atoms with E-state index in [-0.39, 0.29) is 11.6 Å². The van der Waals surface area contributed by atoms with Crippen molar-refractivity contribution in [3.8, 4) is 0 Å². The number of hydrogen-bond acceptors (Lipinski definition) is 5. The molecule has 0 saturated heterocycles. The average molecular weight is 239 g/mol. The van der Waals surface area contributed by atoms with Crippen molar-refractivity contribution in [2.75, 3.05) is 7.11 Å². The van der Waals surface area contributed by atoms with Gasteiger partial charge in [-0.25, -0.2) is 0 Å². The van der Waals surface area contributed by atoms with Gasteiger partial charge in [-0.2, -0.15) is 4.98 Å². The summed E-state index contributed by atoms with van der Waals surface area (Å²) >= 11 is 0. The lowest BCUT2D eigenvalue weighted by atomic mass is 9.93. The van der Waals surface area contributed by atoms with Crippen LogP contribution < -0.4 is 5.73 Å². The van der Waals surface area contributed by atoms with E-state index in [0.717, 1.165) is 25.7 Å². The van der Waals surface area contributed by atoms with Crippen LogP contribution in [0, 0.1) is 0 Å². The van der Waals surface area contributed by atoms with E-state index in [2.05, 4.69) is 10.1 Å². The average Bonchev–Trinajstić information content (AvgIpc) is 2.70. The van der Waals surface area contributed by atoms with E-state index in [1.54, 1.807) is 7.11 Å². The molecule has 96 valence electrons. The summed E-state index contributed by atoms with van der Waals surface area (Å²) in [7, 11) is 1.73. The summed E-state index contributed by atoms with van der Waals surface area (Å²) in [6.07, 6.45) is 6.72. The number of nitrogens with zero attached hydrogens (tertiary/aromatic N) is 2. The predicted octanol–water partition coefficient (Wildman–Crippen LogP) is 2.29. The second kappa shape index (κ2) is 5.14. The minimum Gasteiger partial charge on any atom is -0.370 e. The highest BCUT2D eigenvalue weighted by Crippen LogP contribution is 2.37. The number of ether oxygens (including phenoxy) is 1. The van der Waals surface area contributed by atoms with Crippen molar-refractivity contribution in [2.45, 2.75) is 57.1 Å². The predicted molar refractivity (Wildman–Crippen MR) is 63.3 cm³/mol. The lowest BCUT2D eigenvalue weighted by Gasteiger charge is -2.27. The molecule has 0 amide bonds. The molecular formula is C12H21N3O2. The first-order chi connectivity index (χ1) is 8.18. The molecule has 0 aliphatic heterocycles. The molecule has 2 N–H and O–H groups in total. The third-order valence-corrected chi connectivity index (χ3v) is 3.54. The summed E-state index contributed by atoms with van der Waals surface area (Å²) < 4.78 is 10.9. The number of nitrogens with two attached hydrogens (primary N) is 1. The molecule has 0 bridgehead atoms. The lowest BCUT2D eigenvalue weighted by Crippen LogP contribution is -2.29. The summed E-state index contributed by atoms with van der Waals surface area (Å²) in [6, 6.07) is -0.226. The maximum Gasteiger partial charge on any atom is 0.243 e. The highest BCUT2D eigenvalue weighted by Gasteiger charge is 2.37. The van der Waals surface area contributed by atoms with Crippen molar-refractivity contribution in [3.05, 3.63) is 11.7 Å². The van der Waals surface area contributed by atoms with Crippen LogP contribution in [0.1, 0.15) is 63.2 Å². The van der Waals surface area contributed by atoms with Gasteiger partial charge >= 0.3 is 0 Å². The van der Waals surface area contributed by atoms with Crippen molar-refractivity contribution in [2.24, 2.45) is 5.73 Å². The molecule has 0 aromatic carbocycles. The van der Waals surface area contributed by atoms with Crippen LogP contribution in [0.2, 0.25) is 0 Å². The Hall–Kier alpha value is -0.940. The van der Waals surface area contributed by atoms with Gasteiger partial charge in [-0.1, -0.05) is 30.8 Å². The Kier molecular flexibility index (Phi) is 3.79. The summed E-state index contributed by atoms with van der Waals surface area (Å²) in [5.74, 6) is 1.15. The maximum atomic E-state index is 5.73. The molecular weight excluding hydrogens is 218 g/mol. The first-order valence-electron chi connectivity index (χ1n) is 6.33. The Morgan fingerprint density at radius 3 is 2.41 bits per heavy atom. The first kappa shape index (κ1) is 12.5. The molecule has 1 aromatic rings. The quantitative estimate of drug-likeness (QED) is 0.819. The second-order valence-electron chi connectivity index (χ2n) is 4.86. The van der Waals surface area contributed by atoms with E-state index in [0.29, 0.717) is 11.7 Å². The minimum atomic E-state index is -0.368. The van der Waals surface area contributed by atoms with Crippen LogP contribution in [-0.4, -0.2) is 17.3 Å². The van der Waals surface area contributed by atoms with Gasteiger partial charge in [0.15, 0.2) is 0 Å². The molecule has 5 heteroatoms. The first-order valence-corrected chi connectivity index (χ1v) is 6.33. The highest BCUT2D eigenvalue weighted by atomic mass is 16.5. The Morgan fingerprint density at radius 1 is 1.29 bits per heavy atom. The van der Waals surface area contributed by atoms with Crippen molar-refractivity contribution < 1.29 is 9.26 Å². The van der Waals surface area contributed by atoms with Crippen LogP contribution >= 0.6 is 0 Å². The van der Waals surface area contributed by atoms with E-state index in [4.69, 9.17) is 15.0 Å². The van der Waals surface area contributed by atoms with Gasteiger partial charge in [0.1, 0.15) is 5.60 Å². The smallest absolute Gasteiger partial charge is 0.243 e. The zero-order chi connectivity index (χ0) is 12.3. The summed E-state index contributed by atoms with van der Waals surface area (Å²) in [6.45, 7) is 1.84. The van der Waals surface area contributed by atoms with E-state index < -0.39 is 0 Å². The molecule has 1 saturated carbocycles. The summed E-state index contributed by atoms with van der Waals surface area (Å²) in [5, 5.41) is 4.05. The Bertz CT molecular complexity index is 354. The number of methoxy groups -OCH3 is 1. The minimum absolute atomic E-state index is 0.226.